The number of benzene rings is 2. The lowest BCUT2D eigenvalue weighted by atomic mass is 9.97. The summed E-state index contributed by atoms with van der Waals surface area (Å²) in [6, 6.07) is 21.3. The Bertz CT molecular complexity index is 1200. The minimum Gasteiger partial charge on any atom is -0.382 e. The monoisotopic (exact) mass is 442 g/mol. The number of fused-ring (bicyclic) bond motifs is 1. The van der Waals surface area contributed by atoms with E-state index in [1.54, 1.807) is 16.8 Å². The molecule has 1 aliphatic rings. The molecule has 2 aromatic carbocycles. The van der Waals surface area contributed by atoms with Crippen LogP contribution in [0.15, 0.2) is 72.9 Å². The summed E-state index contributed by atoms with van der Waals surface area (Å²) in [5.74, 6) is 0.359. The van der Waals surface area contributed by atoms with Crippen molar-refractivity contribution in [3.63, 3.8) is 0 Å². The smallest absolute Gasteiger partial charge is 0.228 e. The van der Waals surface area contributed by atoms with Crippen LogP contribution in [0.1, 0.15) is 37.7 Å². The zero-order chi connectivity index (χ0) is 23.0. The number of anilines is 2. The fourth-order valence-electron chi connectivity index (χ4n) is 3.96. The van der Waals surface area contributed by atoms with E-state index in [1.807, 2.05) is 60.7 Å². The van der Waals surface area contributed by atoms with Gasteiger partial charge in [-0.05, 0) is 42.7 Å². The van der Waals surface area contributed by atoms with Crippen LogP contribution in [-0.2, 0) is 11.2 Å². The molecule has 1 aliphatic carbocycles. The summed E-state index contributed by atoms with van der Waals surface area (Å²) in [5.41, 5.74) is 15.5. The lowest BCUT2D eigenvalue weighted by molar-refractivity contribution is -0.115. The molecule has 0 bridgehead atoms. The van der Waals surface area contributed by atoms with Gasteiger partial charge in [-0.2, -0.15) is 0 Å². The molecule has 2 aromatic heterocycles. The van der Waals surface area contributed by atoms with E-state index < -0.39 is 0 Å². The second-order valence-corrected chi connectivity index (χ2v) is 8.36. The highest BCUT2D eigenvalue weighted by atomic mass is 16.1. The normalized spacial score (nSPS) is 13.8. The van der Waals surface area contributed by atoms with E-state index in [4.69, 9.17) is 11.5 Å². The molecule has 1 saturated carbocycles. The van der Waals surface area contributed by atoms with E-state index in [-0.39, 0.29) is 5.91 Å². The van der Waals surface area contributed by atoms with Crippen LogP contribution in [0.25, 0.3) is 16.9 Å². The molecular formula is C26H30N6O. The fourth-order valence-corrected chi connectivity index (χ4v) is 3.96. The van der Waals surface area contributed by atoms with Crippen molar-refractivity contribution in [2.45, 2.75) is 44.6 Å². The molecule has 0 radical (unpaired) electrons. The van der Waals surface area contributed by atoms with Gasteiger partial charge in [0.1, 0.15) is 5.82 Å². The molecule has 0 atom stereocenters. The SMILES string of the molecule is NC1CCCCC1.Nc1ccc2ncc(-c3cccc(NC(=O)Cc4ccccc4)c3)n2n1. The Labute approximate surface area is 193 Å². The van der Waals surface area contributed by atoms with Gasteiger partial charge in [0.05, 0.1) is 18.3 Å². The van der Waals surface area contributed by atoms with Crippen LogP contribution in [0.5, 0.6) is 0 Å². The van der Waals surface area contributed by atoms with E-state index in [9.17, 15) is 4.79 Å². The number of nitrogens with zero attached hydrogens (tertiary/aromatic N) is 3. The van der Waals surface area contributed by atoms with Gasteiger partial charge < -0.3 is 16.8 Å². The molecule has 7 nitrogen and oxygen atoms in total. The molecule has 0 spiro atoms. The summed E-state index contributed by atoms with van der Waals surface area (Å²) in [7, 11) is 0. The zero-order valence-electron chi connectivity index (χ0n) is 18.7. The van der Waals surface area contributed by atoms with Crippen molar-refractivity contribution in [3.8, 4) is 11.3 Å². The summed E-state index contributed by atoms with van der Waals surface area (Å²) in [6.45, 7) is 0. The van der Waals surface area contributed by atoms with Crippen LogP contribution in [-0.4, -0.2) is 26.5 Å². The molecule has 0 aliphatic heterocycles. The van der Waals surface area contributed by atoms with Gasteiger partial charge >= 0.3 is 0 Å². The largest absolute Gasteiger partial charge is 0.382 e. The molecule has 0 unspecified atom stereocenters. The van der Waals surface area contributed by atoms with Crippen molar-refractivity contribution >= 4 is 23.1 Å². The zero-order valence-corrected chi connectivity index (χ0v) is 18.7. The van der Waals surface area contributed by atoms with E-state index in [0.29, 0.717) is 23.9 Å². The summed E-state index contributed by atoms with van der Waals surface area (Å²) >= 11 is 0. The second kappa shape index (κ2) is 10.7. The summed E-state index contributed by atoms with van der Waals surface area (Å²) in [6.07, 6.45) is 8.74. The molecule has 7 heteroatoms. The first-order chi connectivity index (χ1) is 16.1. The summed E-state index contributed by atoms with van der Waals surface area (Å²) < 4.78 is 1.69. The van der Waals surface area contributed by atoms with E-state index >= 15 is 0 Å². The Morgan fingerprint density at radius 2 is 1.79 bits per heavy atom. The fraction of sp³-hybridized carbons (Fsp3) is 0.269. The van der Waals surface area contributed by atoms with Gasteiger partial charge in [0.25, 0.3) is 0 Å². The maximum Gasteiger partial charge on any atom is 0.228 e. The Kier molecular flexibility index (Phi) is 7.32. The number of hydrogen-bond acceptors (Lipinski definition) is 5. The van der Waals surface area contributed by atoms with Crippen molar-refractivity contribution < 1.29 is 4.79 Å². The number of nitrogens with one attached hydrogen (secondary N) is 1. The number of hydrogen-bond donors (Lipinski definition) is 3. The molecule has 1 fully saturated rings. The second-order valence-electron chi connectivity index (χ2n) is 8.36. The Hall–Kier alpha value is -3.71. The number of imidazole rings is 1. The van der Waals surface area contributed by atoms with Crippen LogP contribution in [0.2, 0.25) is 0 Å². The molecule has 0 saturated heterocycles. The highest BCUT2D eigenvalue weighted by Crippen LogP contribution is 2.23. The van der Waals surface area contributed by atoms with Crippen LogP contribution in [0.4, 0.5) is 11.5 Å². The van der Waals surface area contributed by atoms with Gasteiger partial charge in [0.2, 0.25) is 5.91 Å². The first-order valence-corrected chi connectivity index (χ1v) is 11.4. The molecule has 4 aromatic rings. The van der Waals surface area contributed by atoms with Crippen LogP contribution < -0.4 is 16.8 Å². The summed E-state index contributed by atoms with van der Waals surface area (Å²) in [5, 5.41) is 7.24. The minimum absolute atomic E-state index is 0.0612. The third kappa shape index (κ3) is 6.17. The van der Waals surface area contributed by atoms with Gasteiger partial charge in [-0.15, -0.1) is 5.10 Å². The Morgan fingerprint density at radius 1 is 1.00 bits per heavy atom. The predicted molar refractivity (Wildman–Crippen MR) is 133 cm³/mol. The number of carbonyl (C=O) groups is 1. The van der Waals surface area contributed by atoms with Crippen molar-refractivity contribution in [1.29, 1.82) is 0 Å². The molecule has 1 amide bonds. The number of carbonyl (C=O) groups excluding carboxylic acids is 1. The highest BCUT2D eigenvalue weighted by Gasteiger charge is 2.10. The Morgan fingerprint density at radius 3 is 2.52 bits per heavy atom. The Balaban J connectivity index is 0.000000318. The van der Waals surface area contributed by atoms with E-state index in [0.717, 1.165) is 22.5 Å². The molecule has 33 heavy (non-hydrogen) atoms. The molecule has 5 N–H and O–H groups in total. The van der Waals surface area contributed by atoms with Crippen LogP contribution in [0.3, 0.4) is 0 Å². The third-order valence-electron chi connectivity index (χ3n) is 5.68. The van der Waals surface area contributed by atoms with Crippen molar-refractivity contribution in [1.82, 2.24) is 14.6 Å². The average molecular weight is 443 g/mol. The lowest BCUT2D eigenvalue weighted by Crippen LogP contribution is -2.22. The van der Waals surface area contributed by atoms with Gasteiger partial charge in [-0.25, -0.2) is 9.50 Å². The summed E-state index contributed by atoms with van der Waals surface area (Å²) in [4.78, 5) is 16.6. The van der Waals surface area contributed by atoms with Gasteiger partial charge in [-0.3, -0.25) is 4.79 Å². The van der Waals surface area contributed by atoms with Crippen molar-refractivity contribution in [3.05, 3.63) is 78.5 Å². The van der Waals surface area contributed by atoms with Gasteiger partial charge in [-0.1, -0.05) is 61.7 Å². The van der Waals surface area contributed by atoms with E-state index in [1.165, 1.54) is 32.1 Å². The first kappa shape index (κ1) is 22.5. The number of nitrogen functional groups attached to an aromatic ring is 1. The first-order valence-electron chi connectivity index (χ1n) is 11.4. The molecule has 5 rings (SSSR count). The quantitative estimate of drug-likeness (QED) is 0.433. The predicted octanol–water partition coefficient (Wildman–Crippen LogP) is 4.44. The van der Waals surface area contributed by atoms with Gasteiger partial charge in [0, 0.05) is 17.3 Å². The topological polar surface area (TPSA) is 111 Å². The standard InChI is InChI=1S/C20H17N5O.C6H13N/c21-18-9-10-19-22-13-17(25(19)24-18)15-7-4-8-16(12-15)23-20(26)11-14-5-2-1-3-6-14;7-6-4-2-1-3-5-6/h1-10,12-13H,11H2,(H2,21,24)(H,23,26);6H,1-5,7H2. The third-order valence-corrected chi connectivity index (χ3v) is 5.68. The van der Waals surface area contributed by atoms with E-state index in [2.05, 4.69) is 15.4 Å². The lowest BCUT2D eigenvalue weighted by Gasteiger charge is -2.15. The maximum absolute atomic E-state index is 12.3. The molecule has 170 valence electrons. The van der Waals surface area contributed by atoms with Gasteiger partial charge in [0.15, 0.2) is 5.65 Å². The number of nitrogens with two attached hydrogens (primary N) is 2. The number of aromatic nitrogens is 3. The van der Waals surface area contributed by atoms with Crippen molar-refractivity contribution in [2.24, 2.45) is 5.73 Å². The van der Waals surface area contributed by atoms with Crippen LogP contribution in [0, 0.1) is 0 Å². The average Bonchev–Trinajstić information content (AvgIpc) is 3.24. The minimum atomic E-state index is -0.0612. The number of amides is 1. The van der Waals surface area contributed by atoms with Crippen LogP contribution >= 0.6 is 0 Å². The van der Waals surface area contributed by atoms with Crippen molar-refractivity contribution in [2.75, 3.05) is 11.1 Å². The molecule has 2 heterocycles. The number of rotatable bonds is 4. The highest BCUT2D eigenvalue weighted by molar-refractivity contribution is 5.92. The molecular weight excluding hydrogens is 412 g/mol. The maximum atomic E-state index is 12.3.